The fraction of sp³-hybridized carbons (Fsp3) is 0.200. The first-order chi connectivity index (χ1) is 12.8. The van der Waals surface area contributed by atoms with Gasteiger partial charge in [0.15, 0.2) is 0 Å². The van der Waals surface area contributed by atoms with Gasteiger partial charge in [-0.05, 0) is 55.5 Å². The number of nitrogens with zero attached hydrogens (tertiary/aromatic N) is 3. The van der Waals surface area contributed by atoms with E-state index in [1.54, 1.807) is 22.3 Å². The van der Waals surface area contributed by atoms with Crippen molar-refractivity contribution in [1.29, 1.82) is 0 Å². The Hall–Kier alpha value is -2.86. The summed E-state index contributed by atoms with van der Waals surface area (Å²) in [7, 11) is 0. The fourth-order valence-corrected chi connectivity index (χ4v) is 5.00. The van der Waals surface area contributed by atoms with E-state index < -0.39 is 0 Å². The van der Waals surface area contributed by atoms with Crippen LogP contribution in [0.25, 0.3) is 16.0 Å². The van der Waals surface area contributed by atoms with Gasteiger partial charge in [0.2, 0.25) is 0 Å². The lowest BCUT2D eigenvalue weighted by Crippen LogP contribution is -2.24. The molecule has 0 radical (unpaired) electrons. The summed E-state index contributed by atoms with van der Waals surface area (Å²) in [4.78, 5) is 18.9. The second kappa shape index (κ2) is 6.14. The van der Waals surface area contributed by atoms with Crippen molar-refractivity contribution in [1.82, 2.24) is 14.2 Å². The molecule has 1 aliphatic carbocycles. The van der Waals surface area contributed by atoms with Crippen LogP contribution in [0.4, 0.5) is 0 Å². The van der Waals surface area contributed by atoms with Crippen LogP contribution >= 0.6 is 11.3 Å². The highest BCUT2D eigenvalue weighted by Gasteiger charge is 2.26. The molecule has 3 heterocycles. The highest BCUT2D eigenvalue weighted by atomic mass is 32.1. The molecular formula is C20H18N4OS. The normalized spacial score (nSPS) is 13.7. The van der Waals surface area contributed by atoms with E-state index in [0.29, 0.717) is 0 Å². The zero-order valence-electron chi connectivity index (χ0n) is 14.2. The molecule has 0 saturated heterocycles. The SMILES string of the molecule is O=C(Nn1cnc2ccccc21)c1c(-n2cccc2)sc2c1CCCC2. The molecule has 26 heavy (non-hydrogen) atoms. The Bertz CT molecular complexity index is 1090. The molecular weight excluding hydrogens is 344 g/mol. The van der Waals surface area contributed by atoms with Crippen LogP contribution in [0.15, 0.2) is 55.1 Å². The molecule has 0 atom stereocenters. The average Bonchev–Trinajstić information content (AvgIpc) is 3.40. The van der Waals surface area contributed by atoms with Gasteiger partial charge in [-0.15, -0.1) is 11.3 Å². The van der Waals surface area contributed by atoms with Gasteiger partial charge in [0.05, 0.1) is 16.6 Å². The van der Waals surface area contributed by atoms with Gasteiger partial charge < -0.3 is 4.57 Å². The molecule has 0 saturated carbocycles. The number of carbonyl (C=O) groups excluding carboxylic acids is 1. The van der Waals surface area contributed by atoms with Gasteiger partial charge >= 0.3 is 0 Å². The van der Waals surface area contributed by atoms with Gasteiger partial charge in [0, 0.05) is 17.3 Å². The molecule has 0 unspecified atom stereocenters. The number of fused-ring (bicyclic) bond motifs is 2. The maximum Gasteiger partial charge on any atom is 0.273 e. The third kappa shape index (κ3) is 2.45. The minimum Gasteiger partial charge on any atom is -0.315 e. The summed E-state index contributed by atoms with van der Waals surface area (Å²) < 4.78 is 3.76. The number of benzene rings is 1. The van der Waals surface area contributed by atoms with Crippen molar-refractivity contribution in [3.63, 3.8) is 0 Å². The van der Waals surface area contributed by atoms with Crippen LogP contribution < -0.4 is 5.43 Å². The van der Waals surface area contributed by atoms with Crippen molar-refractivity contribution >= 4 is 28.3 Å². The molecule has 1 aromatic carbocycles. The van der Waals surface area contributed by atoms with E-state index in [1.165, 1.54) is 16.9 Å². The van der Waals surface area contributed by atoms with Gasteiger partial charge in [-0.2, -0.15) is 0 Å². The zero-order chi connectivity index (χ0) is 17.5. The largest absolute Gasteiger partial charge is 0.315 e. The van der Waals surface area contributed by atoms with E-state index in [4.69, 9.17) is 0 Å². The number of aromatic nitrogens is 3. The topological polar surface area (TPSA) is 51.9 Å². The second-order valence-corrected chi connectivity index (χ2v) is 7.61. The van der Waals surface area contributed by atoms with Crippen molar-refractivity contribution in [3.8, 4) is 5.00 Å². The molecule has 130 valence electrons. The molecule has 1 aliphatic rings. The number of nitrogens with one attached hydrogen (secondary N) is 1. The van der Waals surface area contributed by atoms with E-state index in [1.807, 2.05) is 53.4 Å². The number of hydrogen-bond acceptors (Lipinski definition) is 3. The Morgan fingerprint density at radius 2 is 1.88 bits per heavy atom. The molecule has 0 bridgehead atoms. The van der Waals surface area contributed by atoms with E-state index in [9.17, 15) is 4.79 Å². The average molecular weight is 362 g/mol. The van der Waals surface area contributed by atoms with E-state index in [0.717, 1.165) is 40.9 Å². The van der Waals surface area contributed by atoms with Crippen LogP contribution in [-0.4, -0.2) is 20.1 Å². The number of para-hydroxylation sites is 2. The molecule has 0 spiro atoms. The minimum atomic E-state index is -0.0729. The van der Waals surface area contributed by atoms with Crippen LogP contribution in [0.2, 0.25) is 0 Å². The van der Waals surface area contributed by atoms with Crippen LogP contribution in [0.1, 0.15) is 33.6 Å². The van der Waals surface area contributed by atoms with E-state index in [2.05, 4.69) is 10.4 Å². The molecule has 3 aromatic heterocycles. The molecule has 0 aliphatic heterocycles. The summed E-state index contributed by atoms with van der Waals surface area (Å²) in [6.07, 6.45) is 10.0. The quantitative estimate of drug-likeness (QED) is 0.595. The number of hydrogen-bond donors (Lipinski definition) is 1. The highest BCUT2D eigenvalue weighted by Crippen LogP contribution is 2.37. The highest BCUT2D eigenvalue weighted by molar-refractivity contribution is 7.15. The van der Waals surface area contributed by atoms with Gasteiger partial charge in [-0.25, -0.2) is 9.66 Å². The number of thiophene rings is 1. The summed E-state index contributed by atoms with van der Waals surface area (Å²) in [5.41, 5.74) is 6.81. The monoisotopic (exact) mass is 362 g/mol. The van der Waals surface area contributed by atoms with Crippen molar-refractivity contribution in [3.05, 3.63) is 71.1 Å². The zero-order valence-corrected chi connectivity index (χ0v) is 15.0. The first kappa shape index (κ1) is 15.4. The van der Waals surface area contributed by atoms with E-state index in [-0.39, 0.29) is 5.91 Å². The Morgan fingerprint density at radius 3 is 2.77 bits per heavy atom. The first-order valence-corrected chi connectivity index (χ1v) is 9.64. The molecule has 5 rings (SSSR count). The summed E-state index contributed by atoms with van der Waals surface area (Å²) in [5.74, 6) is -0.0729. The Kier molecular flexibility index (Phi) is 3.64. The Labute approximate surface area is 154 Å². The minimum absolute atomic E-state index is 0.0729. The second-order valence-electron chi connectivity index (χ2n) is 6.53. The molecule has 1 N–H and O–H groups in total. The molecule has 5 nitrogen and oxygen atoms in total. The Morgan fingerprint density at radius 1 is 1.08 bits per heavy atom. The summed E-state index contributed by atoms with van der Waals surface area (Å²) in [6, 6.07) is 11.8. The third-order valence-corrected chi connectivity index (χ3v) is 6.20. The lowest BCUT2D eigenvalue weighted by atomic mass is 9.95. The summed E-state index contributed by atoms with van der Waals surface area (Å²) in [5, 5.41) is 1.00. The van der Waals surface area contributed by atoms with Gasteiger partial charge in [-0.3, -0.25) is 10.2 Å². The molecule has 1 amide bonds. The van der Waals surface area contributed by atoms with Crippen molar-refractivity contribution in [2.24, 2.45) is 0 Å². The van der Waals surface area contributed by atoms with Gasteiger partial charge in [0.25, 0.3) is 5.91 Å². The standard InChI is InChI=1S/C20H18N4OS/c25-19(22-24-13-21-15-8-2-3-9-16(15)24)18-14-7-1-4-10-17(14)26-20(18)23-11-5-6-12-23/h2-3,5-6,8-9,11-13H,1,4,7,10H2,(H,22,25). The number of aryl methyl sites for hydroxylation is 1. The smallest absolute Gasteiger partial charge is 0.273 e. The number of imidazole rings is 1. The van der Waals surface area contributed by atoms with Gasteiger partial charge in [-0.1, -0.05) is 12.1 Å². The summed E-state index contributed by atoms with van der Waals surface area (Å²) in [6.45, 7) is 0. The lowest BCUT2D eigenvalue weighted by molar-refractivity contribution is 0.101. The van der Waals surface area contributed by atoms with E-state index >= 15 is 0 Å². The van der Waals surface area contributed by atoms with Crippen molar-refractivity contribution < 1.29 is 4.79 Å². The summed E-state index contributed by atoms with van der Waals surface area (Å²) >= 11 is 1.74. The predicted octanol–water partition coefficient (Wildman–Crippen LogP) is 4.15. The third-order valence-electron chi connectivity index (χ3n) is 4.89. The fourth-order valence-electron chi connectivity index (χ4n) is 3.65. The van der Waals surface area contributed by atoms with Crippen LogP contribution in [-0.2, 0) is 12.8 Å². The molecule has 0 fully saturated rings. The first-order valence-electron chi connectivity index (χ1n) is 8.82. The number of rotatable bonds is 3. The van der Waals surface area contributed by atoms with Crippen molar-refractivity contribution in [2.45, 2.75) is 25.7 Å². The van der Waals surface area contributed by atoms with Crippen LogP contribution in [0.5, 0.6) is 0 Å². The van der Waals surface area contributed by atoms with Gasteiger partial charge in [0.1, 0.15) is 11.3 Å². The lowest BCUT2D eigenvalue weighted by Gasteiger charge is -2.14. The van der Waals surface area contributed by atoms with Crippen LogP contribution in [0.3, 0.4) is 0 Å². The van der Waals surface area contributed by atoms with Crippen LogP contribution in [0, 0.1) is 0 Å². The molecule has 4 aromatic rings. The Balaban J connectivity index is 1.58. The maximum absolute atomic E-state index is 13.2. The predicted molar refractivity (Wildman–Crippen MR) is 104 cm³/mol. The number of carbonyl (C=O) groups is 1. The number of amides is 1. The maximum atomic E-state index is 13.2. The van der Waals surface area contributed by atoms with Crippen molar-refractivity contribution in [2.75, 3.05) is 5.43 Å². The molecule has 6 heteroatoms.